The second kappa shape index (κ2) is 15.9. The van der Waals surface area contributed by atoms with E-state index >= 15 is 0 Å². The summed E-state index contributed by atoms with van der Waals surface area (Å²) in [6, 6.07) is 39.6. The number of carbonyl (C=O) groups is 2. The molecule has 0 aliphatic heterocycles. The molecule has 5 aromatic rings. The summed E-state index contributed by atoms with van der Waals surface area (Å²) in [7, 11) is 0. The van der Waals surface area contributed by atoms with Gasteiger partial charge in [-0.1, -0.05) is 115 Å². The molecule has 5 rings (SSSR count). The summed E-state index contributed by atoms with van der Waals surface area (Å²) in [6.45, 7) is 12.9. The second-order valence-electron chi connectivity index (χ2n) is 13.5. The van der Waals surface area contributed by atoms with E-state index in [9.17, 15) is 9.59 Å². The van der Waals surface area contributed by atoms with Crippen molar-refractivity contribution in [1.82, 2.24) is 0 Å². The van der Waals surface area contributed by atoms with Crippen LogP contribution >= 0.6 is 0 Å². The van der Waals surface area contributed by atoms with Crippen LogP contribution in [0.3, 0.4) is 0 Å². The van der Waals surface area contributed by atoms with Crippen LogP contribution in [-0.2, 0) is 10.8 Å². The Hall–Kier alpha value is -5.36. The van der Waals surface area contributed by atoms with Gasteiger partial charge in [0, 0.05) is 10.8 Å². The molecule has 6 heteroatoms. The Morgan fingerprint density at radius 3 is 1.28 bits per heavy atom. The van der Waals surface area contributed by atoms with Gasteiger partial charge in [0.05, 0.1) is 11.7 Å². The molecule has 258 valence electrons. The van der Waals surface area contributed by atoms with Gasteiger partial charge in [0.1, 0.15) is 23.0 Å². The van der Waals surface area contributed by atoms with Crippen LogP contribution in [0.25, 0.3) is 0 Å². The van der Waals surface area contributed by atoms with Crippen LogP contribution < -0.4 is 18.9 Å². The average molecular weight is 671 g/mol. The fraction of sp³-hybridized carbons (Fsp3) is 0.273. The maximum absolute atomic E-state index is 12.7. The van der Waals surface area contributed by atoms with Gasteiger partial charge in [-0.2, -0.15) is 0 Å². The quantitative estimate of drug-likeness (QED) is 0.0705. The van der Waals surface area contributed by atoms with E-state index in [1.54, 1.807) is 60.7 Å². The molecule has 50 heavy (non-hydrogen) atoms. The molecule has 1 atom stereocenters. The number of hydrogen-bond acceptors (Lipinski definition) is 6. The first-order valence-corrected chi connectivity index (χ1v) is 17.2. The van der Waals surface area contributed by atoms with Gasteiger partial charge in [0.25, 0.3) is 0 Å². The van der Waals surface area contributed by atoms with Crippen molar-refractivity contribution in [3.05, 3.63) is 155 Å². The van der Waals surface area contributed by atoms with Gasteiger partial charge < -0.3 is 18.9 Å². The zero-order chi connectivity index (χ0) is 35.7. The first-order chi connectivity index (χ1) is 24.0. The van der Waals surface area contributed by atoms with E-state index in [0.717, 1.165) is 47.3 Å². The molecule has 0 radical (unpaired) electrons. The highest BCUT2D eigenvalue weighted by Gasteiger charge is 2.25. The highest BCUT2D eigenvalue weighted by atomic mass is 16.7. The SMILES string of the molecule is CCCC(CC)Oc1ccc(C(C)(C)c2ccc(OC(=O)Oc3ccc(C(C)(C)c4ccc(OC(=O)c5ccccc5)cc4)cc3)cc2)cc1. The first-order valence-electron chi connectivity index (χ1n) is 17.2. The van der Waals surface area contributed by atoms with Crippen LogP contribution in [0.15, 0.2) is 127 Å². The summed E-state index contributed by atoms with van der Waals surface area (Å²) in [4.78, 5) is 25.1. The Balaban J connectivity index is 1.15. The largest absolute Gasteiger partial charge is 0.519 e. The van der Waals surface area contributed by atoms with Gasteiger partial charge in [-0.15, -0.1) is 0 Å². The van der Waals surface area contributed by atoms with E-state index < -0.39 is 12.1 Å². The van der Waals surface area contributed by atoms with Crippen molar-refractivity contribution in [2.24, 2.45) is 0 Å². The van der Waals surface area contributed by atoms with Crippen molar-refractivity contribution in [2.75, 3.05) is 0 Å². The predicted octanol–water partition coefficient (Wildman–Crippen LogP) is 11.1. The van der Waals surface area contributed by atoms with Gasteiger partial charge in [-0.3, -0.25) is 0 Å². The second-order valence-corrected chi connectivity index (χ2v) is 13.5. The average Bonchev–Trinajstić information content (AvgIpc) is 3.12. The van der Waals surface area contributed by atoms with Crippen LogP contribution in [-0.4, -0.2) is 18.2 Å². The third kappa shape index (κ3) is 8.80. The molecule has 0 heterocycles. The summed E-state index contributed by atoms with van der Waals surface area (Å²) in [5.74, 6) is 1.74. The molecule has 6 nitrogen and oxygen atoms in total. The molecule has 0 spiro atoms. The Morgan fingerprint density at radius 2 is 0.900 bits per heavy atom. The van der Waals surface area contributed by atoms with Gasteiger partial charge in [0.2, 0.25) is 0 Å². The van der Waals surface area contributed by atoms with E-state index in [4.69, 9.17) is 18.9 Å². The standard InChI is InChI=1S/C44H46O6/c1-7-12-36(8-2)47-37-23-15-32(16-24-37)43(3,4)34-19-27-39(28-20-34)49-42(46)50-40-29-21-35(22-30-40)44(5,6)33-17-25-38(26-18-33)48-41(45)31-13-10-9-11-14-31/h9-11,13-30,36H,7-8,12H2,1-6H3. The first kappa shape index (κ1) is 35.9. The van der Waals surface area contributed by atoms with Crippen LogP contribution in [0.2, 0.25) is 0 Å². The molecule has 0 saturated heterocycles. The van der Waals surface area contributed by atoms with E-state index in [1.165, 1.54) is 0 Å². The van der Waals surface area contributed by atoms with Crippen molar-refractivity contribution in [3.63, 3.8) is 0 Å². The summed E-state index contributed by atoms with van der Waals surface area (Å²) in [5, 5.41) is 0. The van der Waals surface area contributed by atoms with Gasteiger partial charge >= 0.3 is 12.1 Å². The molecule has 0 aliphatic rings. The lowest BCUT2D eigenvalue weighted by Crippen LogP contribution is -2.20. The molecule has 0 fully saturated rings. The number of benzene rings is 5. The number of esters is 1. The molecule has 0 amide bonds. The van der Waals surface area contributed by atoms with Crippen molar-refractivity contribution >= 4 is 12.1 Å². The van der Waals surface area contributed by atoms with E-state index in [0.29, 0.717) is 22.8 Å². The topological polar surface area (TPSA) is 71.1 Å². The molecule has 0 aliphatic carbocycles. The third-order valence-corrected chi connectivity index (χ3v) is 9.30. The lowest BCUT2D eigenvalue weighted by molar-refractivity contribution is 0.0734. The Kier molecular flexibility index (Phi) is 11.4. The van der Waals surface area contributed by atoms with Gasteiger partial charge in [-0.25, -0.2) is 9.59 Å². The molecule has 0 bridgehead atoms. The lowest BCUT2D eigenvalue weighted by atomic mass is 9.78. The minimum atomic E-state index is -0.811. The number of rotatable bonds is 13. The third-order valence-electron chi connectivity index (χ3n) is 9.30. The predicted molar refractivity (Wildman–Crippen MR) is 198 cm³/mol. The fourth-order valence-corrected chi connectivity index (χ4v) is 5.92. The van der Waals surface area contributed by atoms with Crippen LogP contribution in [0.5, 0.6) is 23.0 Å². The van der Waals surface area contributed by atoms with E-state index in [1.807, 2.05) is 54.6 Å². The van der Waals surface area contributed by atoms with Crippen LogP contribution in [0.1, 0.15) is 93.4 Å². The lowest BCUT2D eigenvalue weighted by Gasteiger charge is -2.27. The monoisotopic (exact) mass is 670 g/mol. The molecule has 5 aromatic carbocycles. The summed E-state index contributed by atoms with van der Waals surface area (Å²) in [6.07, 6.45) is 2.56. The van der Waals surface area contributed by atoms with Crippen LogP contribution in [0, 0.1) is 0 Å². The molecule has 0 aromatic heterocycles. The number of hydrogen-bond donors (Lipinski definition) is 0. The minimum Gasteiger partial charge on any atom is -0.490 e. The Morgan fingerprint density at radius 1 is 0.520 bits per heavy atom. The van der Waals surface area contributed by atoms with Crippen molar-refractivity contribution in [3.8, 4) is 23.0 Å². The van der Waals surface area contributed by atoms with E-state index in [-0.39, 0.29) is 16.9 Å². The summed E-state index contributed by atoms with van der Waals surface area (Å²) in [5.41, 5.74) is 4.18. The maximum Gasteiger partial charge on any atom is 0.519 e. The fourth-order valence-electron chi connectivity index (χ4n) is 5.92. The van der Waals surface area contributed by atoms with Crippen molar-refractivity contribution in [1.29, 1.82) is 0 Å². The molecular weight excluding hydrogens is 624 g/mol. The molecule has 0 saturated carbocycles. The minimum absolute atomic E-state index is 0.237. The smallest absolute Gasteiger partial charge is 0.490 e. The Labute approximate surface area is 296 Å². The zero-order valence-electron chi connectivity index (χ0n) is 29.8. The van der Waals surface area contributed by atoms with E-state index in [2.05, 4.69) is 53.7 Å². The number of carbonyl (C=O) groups excluding carboxylic acids is 2. The normalized spacial score (nSPS) is 12.1. The Bertz CT molecular complexity index is 1840. The highest BCUT2D eigenvalue weighted by molar-refractivity contribution is 5.90. The van der Waals surface area contributed by atoms with Gasteiger partial charge in [-0.05, 0) is 95.8 Å². The number of ether oxygens (including phenoxy) is 4. The summed E-state index contributed by atoms with van der Waals surface area (Å²) >= 11 is 0. The van der Waals surface area contributed by atoms with Crippen LogP contribution in [0.4, 0.5) is 4.79 Å². The molecule has 1 unspecified atom stereocenters. The zero-order valence-corrected chi connectivity index (χ0v) is 29.8. The molecular formula is C44H46O6. The van der Waals surface area contributed by atoms with Crippen molar-refractivity contribution < 1.29 is 28.5 Å². The summed E-state index contributed by atoms with van der Waals surface area (Å²) < 4.78 is 22.7. The highest BCUT2D eigenvalue weighted by Crippen LogP contribution is 2.35. The van der Waals surface area contributed by atoms with Crippen molar-refractivity contribution in [2.45, 2.75) is 77.7 Å². The maximum atomic E-state index is 12.7. The van der Waals surface area contributed by atoms with Gasteiger partial charge in [0.15, 0.2) is 0 Å². The molecule has 0 N–H and O–H groups in total.